The molecule has 5 N–H and O–H groups in total. The fourth-order valence-corrected chi connectivity index (χ4v) is 4.23. The predicted octanol–water partition coefficient (Wildman–Crippen LogP) is 1.80. The Balaban J connectivity index is 1.62. The van der Waals surface area contributed by atoms with Gasteiger partial charge in [-0.25, -0.2) is 4.98 Å². The van der Waals surface area contributed by atoms with E-state index in [-0.39, 0.29) is 18.0 Å². The average Bonchev–Trinajstić information content (AvgIpc) is 2.70. The minimum Gasteiger partial charge on any atom is -0.381 e. The molecule has 0 bridgehead atoms. The van der Waals surface area contributed by atoms with Gasteiger partial charge in [-0.05, 0) is 51.4 Å². The maximum atomic E-state index is 11.8. The number of hydrogen-bond acceptors (Lipinski definition) is 7. The van der Waals surface area contributed by atoms with Crippen molar-refractivity contribution in [2.24, 2.45) is 5.73 Å². The molecule has 2 fully saturated rings. The van der Waals surface area contributed by atoms with Gasteiger partial charge in [0.2, 0.25) is 11.9 Å². The van der Waals surface area contributed by atoms with Crippen molar-refractivity contribution in [2.45, 2.75) is 82.5 Å². The largest absolute Gasteiger partial charge is 0.381 e. The van der Waals surface area contributed by atoms with Crippen LogP contribution in [0.3, 0.4) is 0 Å². The van der Waals surface area contributed by atoms with Crippen LogP contribution in [0.2, 0.25) is 0 Å². The highest BCUT2D eigenvalue weighted by atomic mass is 16.5. The molecule has 0 spiro atoms. The molecule has 2 amide bonds. The van der Waals surface area contributed by atoms with Crippen LogP contribution in [-0.2, 0) is 9.53 Å². The number of nitrogens with two attached hydrogens (primary N) is 1. The van der Waals surface area contributed by atoms with Crippen molar-refractivity contribution in [2.75, 3.05) is 17.7 Å². The minimum absolute atomic E-state index is 0.00322. The van der Waals surface area contributed by atoms with E-state index in [1.165, 1.54) is 6.20 Å². The molecule has 0 atom stereocenters. The Morgan fingerprint density at radius 2 is 1.59 bits per heavy atom. The molecular weight excluding hydrogens is 372 g/mol. The average molecular weight is 405 g/mol. The SMILES string of the molecule is CO[C@H]1CC[C@H](Nc2ncc(C(N)=O)c(NC3CCC(NC(C)=O)CC3)n2)CC1. The summed E-state index contributed by atoms with van der Waals surface area (Å²) in [5.41, 5.74) is 5.81. The number of hydrogen-bond donors (Lipinski definition) is 4. The van der Waals surface area contributed by atoms with Gasteiger partial charge < -0.3 is 26.4 Å². The van der Waals surface area contributed by atoms with Crippen LogP contribution in [0.25, 0.3) is 0 Å². The molecule has 1 aromatic heterocycles. The number of nitrogens with one attached hydrogen (secondary N) is 3. The molecule has 0 aromatic carbocycles. The van der Waals surface area contributed by atoms with Crippen molar-refractivity contribution in [3.05, 3.63) is 11.8 Å². The summed E-state index contributed by atoms with van der Waals surface area (Å²) in [4.78, 5) is 31.9. The molecule has 0 unspecified atom stereocenters. The molecule has 2 aliphatic carbocycles. The Labute approximate surface area is 171 Å². The summed E-state index contributed by atoms with van der Waals surface area (Å²) in [7, 11) is 1.76. The number of aromatic nitrogens is 2. The lowest BCUT2D eigenvalue weighted by Gasteiger charge is -2.30. The third-order valence-corrected chi connectivity index (χ3v) is 5.87. The first-order valence-corrected chi connectivity index (χ1v) is 10.4. The highest BCUT2D eigenvalue weighted by Gasteiger charge is 2.25. The lowest BCUT2D eigenvalue weighted by atomic mass is 9.91. The zero-order valence-electron chi connectivity index (χ0n) is 17.2. The van der Waals surface area contributed by atoms with Crippen molar-refractivity contribution in [1.29, 1.82) is 0 Å². The predicted molar refractivity (Wildman–Crippen MR) is 111 cm³/mol. The van der Waals surface area contributed by atoms with E-state index in [9.17, 15) is 9.59 Å². The third kappa shape index (κ3) is 6.03. The first kappa shape index (κ1) is 21.3. The van der Waals surface area contributed by atoms with Gasteiger partial charge in [0.25, 0.3) is 5.91 Å². The fraction of sp³-hybridized carbons (Fsp3) is 0.700. The van der Waals surface area contributed by atoms with E-state index in [1.807, 2.05) is 0 Å². The Kier molecular flexibility index (Phi) is 7.24. The van der Waals surface area contributed by atoms with E-state index >= 15 is 0 Å². The molecule has 0 saturated heterocycles. The number of anilines is 2. The van der Waals surface area contributed by atoms with E-state index in [0.717, 1.165) is 51.4 Å². The smallest absolute Gasteiger partial charge is 0.254 e. The summed E-state index contributed by atoms with van der Waals surface area (Å²) in [6.07, 6.45) is 9.38. The maximum Gasteiger partial charge on any atom is 0.254 e. The van der Waals surface area contributed by atoms with Crippen molar-refractivity contribution >= 4 is 23.6 Å². The molecule has 1 aromatic rings. The van der Waals surface area contributed by atoms with Gasteiger partial charge in [0, 0.05) is 38.4 Å². The van der Waals surface area contributed by atoms with Crippen molar-refractivity contribution < 1.29 is 14.3 Å². The summed E-state index contributed by atoms with van der Waals surface area (Å²) < 4.78 is 5.42. The van der Waals surface area contributed by atoms with Crippen LogP contribution in [0.1, 0.15) is 68.6 Å². The molecule has 160 valence electrons. The number of carbonyl (C=O) groups excluding carboxylic acids is 2. The molecular formula is C20H32N6O3. The van der Waals surface area contributed by atoms with Gasteiger partial charge in [-0.3, -0.25) is 9.59 Å². The van der Waals surface area contributed by atoms with Crippen molar-refractivity contribution in [1.82, 2.24) is 15.3 Å². The zero-order valence-corrected chi connectivity index (χ0v) is 17.2. The monoisotopic (exact) mass is 404 g/mol. The first-order valence-electron chi connectivity index (χ1n) is 10.4. The molecule has 0 aliphatic heterocycles. The van der Waals surface area contributed by atoms with E-state index in [4.69, 9.17) is 10.5 Å². The van der Waals surface area contributed by atoms with Crippen LogP contribution in [0, 0.1) is 0 Å². The van der Waals surface area contributed by atoms with Crippen molar-refractivity contribution in [3.63, 3.8) is 0 Å². The Hall–Kier alpha value is -2.42. The topological polar surface area (TPSA) is 131 Å². The molecule has 9 nitrogen and oxygen atoms in total. The third-order valence-electron chi connectivity index (χ3n) is 5.87. The quantitative estimate of drug-likeness (QED) is 0.545. The second kappa shape index (κ2) is 9.87. The first-order chi connectivity index (χ1) is 13.9. The number of nitrogens with zero attached hydrogens (tertiary/aromatic N) is 2. The van der Waals surface area contributed by atoms with Crippen molar-refractivity contribution in [3.8, 4) is 0 Å². The molecule has 1 heterocycles. The Morgan fingerprint density at radius 3 is 2.17 bits per heavy atom. The lowest BCUT2D eigenvalue weighted by molar-refractivity contribution is -0.119. The molecule has 0 radical (unpaired) electrons. The van der Waals surface area contributed by atoms with Gasteiger partial charge in [0.05, 0.1) is 11.7 Å². The number of amides is 2. The Morgan fingerprint density at radius 1 is 1.00 bits per heavy atom. The van der Waals surface area contributed by atoms with Crippen LogP contribution < -0.4 is 21.7 Å². The zero-order chi connectivity index (χ0) is 20.8. The summed E-state index contributed by atoms with van der Waals surface area (Å²) in [6, 6.07) is 0.686. The normalized spacial score (nSPS) is 27.1. The maximum absolute atomic E-state index is 11.8. The van der Waals surface area contributed by atoms with Gasteiger partial charge in [0.1, 0.15) is 5.82 Å². The number of methoxy groups -OCH3 is 1. The standard InChI is InChI=1S/C20H32N6O3/c1-12(27)23-13-3-5-14(6-4-13)24-19-17(18(21)28)11-22-20(26-19)25-15-7-9-16(29-2)10-8-15/h11,13-16H,3-10H2,1-2H3,(H2,21,28)(H,23,27)(H2,22,24,25,26)/t13?,14?,15-,16-. The molecule has 9 heteroatoms. The highest BCUT2D eigenvalue weighted by molar-refractivity contribution is 5.97. The van der Waals surface area contributed by atoms with Gasteiger partial charge >= 0.3 is 0 Å². The van der Waals surface area contributed by atoms with Crippen LogP contribution in [0.4, 0.5) is 11.8 Å². The van der Waals surface area contributed by atoms with Crippen LogP contribution in [0.5, 0.6) is 0 Å². The van der Waals surface area contributed by atoms with E-state index in [0.29, 0.717) is 29.5 Å². The number of ether oxygens (including phenoxy) is 1. The highest BCUT2D eigenvalue weighted by Crippen LogP contribution is 2.26. The van der Waals surface area contributed by atoms with Gasteiger partial charge in [-0.15, -0.1) is 0 Å². The molecule has 2 saturated carbocycles. The van der Waals surface area contributed by atoms with Gasteiger partial charge in [-0.2, -0.15) is 4.98 Å². The van der Waals surface area contributed by atoms with Crippen LogP contribution >= 0.6 is 0 Å². The summed E-state index contributed by atoms with van der Waals surface area (Å²) in [5.74, 6) is 0.434. The number of primary amides is 1. The molecule has 29 heavy (non-hydrogen) atoms. The minimum atomic E-state index is -0.549. The summed E-state index contributed by atoms with van der Waals surface area (Å²) in [5, 5.41) is 9.73. The van der Waals surface area contributed by atoms with E-state index < -0.39 is 5.91 Å². The second-order valence-electron chi connectivity index (χ2n) is 8.07. The molecule has 2 aliphatic rings. The van der Waals surface area contributed by atoms with Crippen LogP contribution in [0.15, 0.2) is 6.20 Å². The van der Waals surface area contributed by atoms with Gasteiger partial charge in [-0.1, -0.05) is 0 Å². The second-order valence-corrected chi connectivity index (χ2v) is 8.07. The van der Waals surface area contributed by atoms with E-state index in [1.54, 1.807) is 14.0 Å². The number of carbonyl (C=O) groups is 2. The lowest BCUT2D eigenvalue weighted by Crippen LogP contribution is -2.39. The molecule has 3 rings (SSSR count). The van der Waals surface area contributed by atoms with Crippen LogP contribution in [-0.4, -0.2) is 53.1 Å². The summed E-state index contributed by atoms with van der Waals surface area (Å²) in [6.45, 7) is 1.54. The Bertz CT molecular complexity index is 712. The number of rotatable bonds is 7. The summed E-state index contributed by atoms with van der Waals surface area (Å²) >= 11 is 0. The van der Waals surface area contributed by atoms with E-state index in [2.05, 4.69) is 25.9 Å². The fourth-order valence-electron chi connectivity index (χ4n) is 4.23. The van der Waals surface area contributed by atoms with Gasteiger partial charge in [0.15, 0.2) is 0 Å².